The summed E-state index contributed by atoms with van der Waals surface area (Å²) in [5.74, 6) is 1.80. The van der Waals surface area contributed by atoms with Gasteiger partial charge in [-0.1, -0.05) is 48.9 Å². The number of rotatable bonds is 5. The van der Waals surface area contributed by atoms with E-state index in [1.165, 1.54) is 0 Å². The molecule has 0 aliphatic carbocycles. The summed E-state index contributed by atoms with van der Waals surface area (Å²) < 4.78 is 14.1. The number of hydrogen-bond acceptors (Lipinski definition) is 4. The minimum absolute atomic E-state index is 0.0917. The molecule has 2 aromatic carbocycles. The lowest BCUT2D eigenvalue weighted by Crippen LogP contribution is -2.41. The van der Waals surface area contributed by atoms with E-state index >= 15 is 0 Å². The van der Waals surface area contributed by atoms with Gasteiger partial charge in [-0.25, -0.2) is 4.98 Å². The largest absolute Gasteiger partial charge is 0.489 e. The van der Waals surface area contributed by atoms with Gasteiger partial charge in [-0.15, -0.1) is 0 Å². The summed E-state index contributed by atoms with van der Waals surface area (Å²) in [5.41, 5.74) is 1.18. The maximum absolute atomic E-state index is 13.7. The van der Waals surface area contributed by atoms with Crippen molar-refractivity contribution in [2.24, 2.45) is 0 Å². The molecule has 2 aromatic heterocycles. The molecule has 0 radical (unpaired) electrons. The monoisotopic (exact) mass is 444 g/mol. The van der Waals surface area contributed by atoms with E-state index in [4.69, 9.17) is 21.1 Å². The topological polar surface area (TPSA) is 53.4 Å². The van der Waals surface area contributed by atoms with Crippen molar-refractivity contribution in [3.8, 4) is 17.3 Å². The molecule has 5 nitrogen and oxygen atoms in total. The normalized spacial score (nSPS) is 17.1. The van der Waals surface area contributed by atoms with Gasteiger partial charge < -0.3 is 9.47 Å². The number of ketones is 1. The summed E-state index contributed by atoms with van der Waals surface area (Å²) in [6, 6.07) is 22.4. The first-order valence-electron chi connectivity index (χ1n) is 10.4. The highest BCUT2D eigenvalue weighted by Crippen LogP contribution is 2.40. The van der Waals surface area contributed by atoms with Crippen LogP contribution in [0.4, 0.5) is 0 Å². The molecule has 0 amide bonds. The second-order valence-electron chi connectivity index (χ2n) is 7.64. The Morgan fingerprint density at radius 1 is 1.06 bits per heavy atom. The second kappa shape index (κ2) is 8.17. The molecule has 32 heavy (non-hydrogen) atoms. The van der Waals surface area contributed by atoms with Gasteiger partial charge >= 0.3 is 0 Å². The number of aromatic nitrogens is 2. The van der Waals surface area contributed by atoms with Gasteiger partial charge in [0.15, 0.2) is 17.2 Å². The summed E-state index contributed by atoms with van der Waals surface area (Å²) >= 11 is 6.02. The molecule has 0 saturated heterocycles. The van der Waals surface area contributed by atoms with E-state index in [0.717, 1.165) is 11.1 Å². The minimum atomic E-state index is -1.14. The van der Waals surface area contributed by atoms with Crippen LogP contribution in [0.1, 0.15) is 35.0 Å². The van der Waals surface area contributed by atoms with Crippen LogP contribution in [-0.4, -0.2) is 15.3 Å². The SMILES string of the molecule is CCC1(c2ccc(COc3cccc(Cl)c3)cc2)Oc2cccnc2-n2cccc2C1=O. The molecule has 5 rings (SSSR count). The van der Waals surface area contributed by atoms with Crippen molar-refractivity contribution in [1.82, 2.24) is 9.55 Å². The predicted octanol–water partition coefficient (Wildman–Crippen LogP) is 5.99. The van der Waals surface area contributed by atoms with Gasteiger partial charge in [0.1, 0.15) is 12.4 Å². The van der Waals surface area contributed by atoms with E-state index in [-0.39, 0.29) is 5.78 Å². The summed E-state index contributed by atoms with van der Waals surface area (Å²) in [7, 11) is 0. The van der Waals surface area contributed by atoms with Crippen LogP contribution >= 0.6 is 11.6 Å². The Morgan fingerprint density at radius 3 is 2.69 bits per heavy atom. The Balaban J connectivity index is 1.48. The highest BCUT2D eigenvalue weighted by molar-refractivity contribution is 6.30. The minimum Gasteiger partial charge on any atom is -0.489 e. The van der Waals surface area contributed by atoms with Crippen molar-refractivity contribution in [3.63, 3.8) is 0 Å². The number of ether oxygens (including phenoxy) is 2. The van der Waals surface area contributed by atoms with Crippen molar-refractivity contribution >= 4 is 17.4 Å². The molecule has 4 aromatic rings. The Kier molecular flexibility index (Phi) is 5.19. The van der Waals surface area contributed by atoms with Gasteiger partial charge in [0, 0.05) is 23.0 Å². The molecule has 1 unspecified atom stereocenters. The molecule has 6 heteroatoms. The zero-order chi connectivity index (χ0) is 22.1. The van der Waals surface area contributed by atoms with Crippen molar-refractivity contribution in [2.45, 2.75) is 25.6 Å². The van der Waals surface area contributed by atoms with E-state index in [1.54, 1.807) is 22.9 Å². The lowest BCUT2D eigenvalue weighted by atomic mass is 9.84. The molecule has 1 aliphatic heterocycles. The summed E-state index contributed by atoms with van der Waals surface area (Å²) in [4.78, 5) is 18.2. The van der Waals surface area contributed by atoms with Gasteiger partial charge in [-0.05, 0) is 54.4 Å². The number of pyridine rings is 1. The van der Waals surface area contributed by atoms with Gasteiger partial charge in [0.2, 0.25) is 5.78 Å². The quantitative estimate of drug-likeness (QED) is 0.379. The molecule has 160 valence electrons. The van der Waals surface area contributed by atoms with Crippen LogP contribution in [0.3, 0.4) is 0 Å². The van der Waals surface area contributed by atoms with Gasteiger partial charge in [0.25, 0.3) is 0 Å². The Bertz CT molecular complexity index is 1280. The van der Waals surface area contributed by atoms with Crippen LogP contribution < -0.4 is 9.47 Å². The number of benzene rings is 2. The van der Waals surface area contributed by atoms with Gasteiger partial charge in [-0.2, -0.15) is 0 Å². The number of carbonyl (C=O) groups excluding carboxylic acids is 1. The molecule has 1 atom stereocenters. The van der Waals surface area contributed by atoms with Crippen molar-refractivity contribution in [3.05, 3.63) is 107 Å². The Labute approximate surface area is 191 Å². The van der Waals surface area contributed by atoms with Gasteiger partial charge in [-0.3, -0.25) is 9.36 Å². The van der Waals surface area contributed by atoms with Gasteiger partial charge in [0.05, 0.1) is 5.69 Å². The van der Waals surface area contributed by atoms with Crippen LogP contribution in [0.25, 0.3) is 5.82 Å². The Morgan fingerprint density at radius 2 is 1.91 bits per heavy atom. The average molecular weight is 445 g/mol. The molecule has 3 heterocycles. The molecular weight excluding hydrogens is 424 g/mol. The lowest BCUT2D eigenvalue weighted by Gasteiger charge is -2.31. The van der Waals surface area contributed by atoms with Crippen LogP contribution in [-0.2, 0) is 12.2 Å². The Hall–Kier alpha value is -3.57. The number of hydrogen-bond donors (Lipinski definition) is 0. The predicted molar refractivity (Wildman–Crippen MR) is 123 cm³/mol. The third-order valence-electron chi connectivity index (χ3n) is 5.73. The van der Waals surface area contributed by atoms with Crippen LogP contribution in [0, 0.1) is 0 Å². The molecular formula is C26H21ClN2O3. The number of halogens is 1. The van der Waals surface area contributed by atoms with E-state index in [9.17, 15) is 4.79 Å². The fourth-order valence-corrected chi connectivity index (χ4v) is 4.24. The molecule has 0 fully saturated rings. The summed E-state index contributed by atoms with van der Waals surface area (Å²) in [6.45, 7) is 2.35. The highest BCUT2D eigenvalue weighted by Gasteiger charge is 2.45. The zero-order valence-electron chi connectivity index (χ0n) is 17.5. The number of Topliss-reactive ketones (excluding diaryl/α,β-unsaturated/α-hetero) is 1. The lowest BCUT2D eigenvalue weighted by molar-refractivity contribution is 0.0423. The van der Waals surface area contributed by atoms with Crippen molar-refractivity contribution in [1.29, 1.82) is 0 Å². The summed E-state index contributed by atoms with van der Waals surface area (Å²) in [6.07, 6.45) is 4.01. The highest BCUT2D eigenvalue weighted by atomic mass is 35.5. The van der Waals surface area contributed by atoms with E-state index < -0.39 is 5.60 Å². The summed E-state index contributed by atoms with van der Waals surface area (Å²) in [5, 5.41) is 0.631. The smallest absolute Gasteiger partial charge is 0.227 e. The zero-order valence-corrected chi connectivity index (χ0v) is 18.3. The van der Waals surface area contributed by atoms with E-state index in [0.29, 0.717) is 41.1 Å². The third-order valence-corrected chi connectivity index (χ3v) is 5.97. The molecule has 0 saturated carbocycles. The van der Waals surface area contributed by atoms with Crippen molar-refractivity contribution < 1.29 is 14.3 Å². The van der Waals surface area contributed by atoms with Crippen LogP contribution in [0.15, 0.2) is 85.2 Å². The maximum Gasteiger partial charge on any atom is 0.227 e. The van der Waals surface area contributed by atoms with E-state index in [1.807, 2.05) is 73.8 Å². The maximum atomic E-state index is 13.7. The van der Waals surface area contributed by atoms with Crippen LogP contribution in [0.5, 0.6) is 11.5 Å². The van der Waals surface area contributed by atoms with Crippen LogP contribution in [0.2, 0.25) is 5.02 Å². The first kappa shape index (κ1) is 20.3. The number of fused-ring (bicyclic) bond motifs is 3. The average Bonchev–Trinajstić information content (AvgIpc) is 3.28. The first-order valence-corrected chi connectivity index (χ1v) is 10.8. The first-order chi connectivity index (χ1) is 15.6. The number of carbonyl (C=O) groups is 1. The fourth-order valence-electron chi connectivity index (χ4n) is 4.05. The molecule has 1 aliphatic rings. The number of nitrogens with zero attached hydrogens (tertiary/aromatic N) is 2. The van der Waals surface area contributed by atoms with E-state index in [2.05, 4.69) is 4.98 Å². The molecule has 0 N–H and O–H groups in total. The molecule has 0 spiro atoms. The second-order valence-corrected chi connectivity index (χ2v) is 8.08. The fraction of sp³-hybridized carbons (Fsp3) is 0.154. The third kappa shape index (κ3) is 3.45. The standard InChI is InChI=1S/C26H21ClN2O3/c1-2-26(19-12-10-18(11-13-19)17-31-21-7-3-6-20(27)16-21)24(30)22-8-5-15-29(22)25-23(32-26)9-4-14-28-25/h3-16H,2,17H2,1H3. The molecule has 0 bridgehead atoms. The van der Waals surface area contributed by atoms with Crippen molar-refractivity contribution in [2.75, 3.05) is 0 Å².